The van der Waals surface area contributed by atoms with Crippen LogP contribution in [0.1, 0.15) is 22.3 Å². The molecule has 0 atom stereocenters. The van der Waals surface area contributed by atoms with Gasteiger partial charge in [-0.05, 0) is 17.7 Å². The topological polar surface area (TPSA) is 20.2 Å². The molecule has 0 saturated carbocycles. The number of aliphatic hydroxyl groups excluding tert-OH is 1. The van der Waals surface area contributed by atoms with Crippen LogP contribution in [-0.4, -0.2) is 41.4 Å². The summed E-state index contributed by atoms with van der Waals surface area (Å²) in [5.74, 6) is -44.9. The van der Waals surface area contributed by atoms with Gasteiger partial charge in [-0.15, -0.1) is 0 Å². The van der Waals surface area contributed by atoms with Gasteiger partial charge in [0.05, 0.1) is 6.61 Å². The molecule has 1 nitrogen and oxygen atoms in total. The lowest BCUT2D eigenvalue weighted by atomic mass is 9.84. The van der Waals surface area contributed by atoms with Crippen LogP contribution in [0.3, 0.4) is 0 Å². The van der Waals surface area contributed by atoms with Gasteiger partial charge in [-0.1, -0.05) is 0 Å². The first kappa shape index (κ1) is 33.7. The molecule has 0 aliphatic heterocycles. The van der Waals surface area contributed by atoms with Crippen LogP contribution in [-0.2, 0) is 24.4 Å². The average Bonchev–Trinajstić information content (AvgIpc) is 2.69. The number of aliphatic hydroxyl groups is 1. The number of alkyl halides is 21. The molecule has 1 N–H and O–H groups in total. The van der Waals surface area contributed by atoms with E-state index in [9.17, 15) is 92.2 Å². The molecule has 0 radical (unpaired) electrons. The number of benzene rings is 1. The highest BCUT2D eigenvalue weighted by Gasteiger charge is 2.78. The smallest absolute Gasteiger partial charge is 0.392 e. The first-order chi connectivity index (χ1) is 16.3. The lowest BCUT2D eigenvalue weighted by Gasteiger charge is -2.35. The molecule has 0 aliphatic carbocycles. The minimum Gasteiger partial charge on any atom is -0.392 e. The fourth-order valence-corrected chi connectivity index (χ4v) is 2.64. The largest absolute Gasteiger partial charge is 0.460 e. The lowest BCUT2D eigenvalue weighted by Crippen LogP contribution is -2.53. The summed E-state index contributed by atoms with van der Waals surface area (Å²) in [4.78, 5) is 0. The van der Waals surface area contributed by atoms with Gasteiger partial charge in [0, 0.05) is 16.7 Å². The van der Waals surface area contributed by atoms with E-state index in [1.54, 1.807) is 0 Å². The van der Waals surface area contributed by atoms with Crippen LogP contribution in [0.2, 0.25) is 0 Å². The molecule has 1 rings (SSSR count). The molecule has 38 heavy (non-hydrogen) atoms. The van der Waals surface area contributed by atoms with Gasteiger partial charge >= 0.3 is 54.1 Å². The molecule has 0 saturated heterocycles. The normalized spacial score (nSPS) is 15.7. The van der Waals surface area contributed by atoms with E-state index < -0.39 is 95.1 Å². The Bertz CT molecular complexity index is 966. The molecule has 0 unspecified atom stereocenters. The van der Waals surface area contributed by atoms with Crippen LogP contribution >= 0.6 is 0 Å². The molecule has 1 aromatic rings. The zero-order valence-electron chi connectivity index (χ0n) is 16.7. The van der Waals surface area contributed by atoms with Gasteiger partial charge in [0.15, 0.2) is 0 Å². The van der Waals surface area contributed by atoms with Crippen LogP contribution in [0.5, 0.6) is 0 Å². The third-order valence-corrected chi connectivity index (χ3v) is 4.70. The van der Waals surface area contributed by atoms with Crippen molar-refractivity contribution in [3.63, 3.8) is 0 Å². The molecule has 0 spiro atoms. The summed E-state index contributed by atoms with van der Waals surface area (Å²) in [5.41, 5.74) is -14.7. The maximum Gasteiger partial charge on any atom is 0.460 e. The van der Waals surface area contributed by atoms with Gasteiger partial charge in [-0.2, -0.15) is 92.2 Å². The van der Waals surface area contributed by atoms with Gasteiger partial charge in [-0.3, -0.25) is 0 Å². The Morgan fingerprint density at radius 1 is 0.421 bits per heavy atom. The highest BCUT2D eigenvalue weighted by molar-refractivity contribution is 5.47. The second kappa shape index (κ2) is 8.86. The van der Waals surface area contributed by atoms with Crippen molar-refractivity contribution in [2.45, 2.75) is 60.7 Å². The van der Waals surface area contributed by atoms with Crippen molar-refractivity contribution >= 4 is 0 Å². The Morgan fingerprint density at radius 2 is 0.658 bits per heavy atom. The quantitative estimate of drug-likeness (QED) is 0.309. The van der Waals surface area contributed by atoms with Crippen molar-refractivity contribution in [1.29, 1.82) is 0 Å². The van der Waals surface area contributed by atoms with Crippen molar-refractivity contribution in [2.75, 3.05) is 0 Å². The summed E-state index contributed by atoms with van der Waals surface area (Å²) >= 11 is 0. The summed E-state index contributed by atoms with van der Waals surface area (Å²) < 4.78 is 277. The van der Waals surface area contributed by atoms with Crippen molar-refractivity contribution in [2.24, 2.45) is 0 Å². The first-order valence-electron chi connectivity index (χ1n) is 8.54. The Balaban J connectivity index is 4.45. The third kappa shape index (κ3) is 4.69. The molecular weight excluding hydrogens is 607 g/mol. The number of rotatable bonds is 7. The summed E-state index contributed by atoms with van der Waals surface area (Å²) in [5, 5.41) is 8.91. The van der Waals surface area contributed by atoms with E-state index in [1.807, 2.05) is 0 Å². The molecule has 0 aliphatic rings. The van der Waals surface area contributed by atoms with E-state index in [-0.39, 0.29) is 0 Å². The second-order valence-corrected chi connectivity index (χ2v) is 7.15. The Labute approximate surface area is 193 Å². The van der Waals surface area contributed by atoms with Crippen molar-refractivity contribution < 1.29 is 97.3 Å². The molecule has 222 valence electrons. The monoisotopic (exact) mass is 612 g/mol. The fourth-order valence-electron chi connectivity index (χ4n) is 2.64. The Kier molecular flexibility index (Phi) is 7.87. The Hall–Kier alpha value is -2.29. The minimum atomic E-state index is -7.66. The first-order valence-corrected chi connectivity index (χ1v) is 8.54. The maximum absolute atomic E-state index is 14.2. The zero-order chi connectivity index (χ0) is 30.9. The van der Waals surface area contributed by atoms with E-state index in [0.29, 0.717) is 0 Å². The highest BCUT2D eigenvalue weighted by Crippen LogP contribution is 2.59. The molecule has 0 bridgehead atoms. The van der Waals surface area contributed by atoms with Gasteiger partial charge in [0.2, 0.25) is 0 Å². The van der Waals surface area contributed by atoms with Crippen LogP contribution in [0, 0.1) is 0 Å². The van der Waals surface area contributed by atoms with Crippen LogP contribution in [0.15, 0.2) is 12.1 Å². The standard InChI is InChI=1S/C16H5F21O/c17-8(18,11(23,24)14(29,30)31)4-1-6(9(19,20)12(25,26)15(32,33)34)5(3-38)7(2-4)10(21,22)13(27,28)16(35,36)37/h1-2,38H,3H2. The van der Waals surface area contributed by atoms with Crippen LogP contribution in [0.4, 0.5) is 92.2 Å². The molecule has 0 heterocycles. The summed E-state index contributed by atoms with van der Waals surface area (Å²) in [6, 6.07) is -3.67. The zero-order valence-corrected chi connectivity index (χ0v) is 16.7. The van der Waals surface area contributed by atoms with Crippen LogP contribution in [0.25, 0.3) is 0 Å². The summed E-state index contributed by atoms with van der Waals surface area (Å²) in [6.07, 6.45) is -22.6. The van der Waals surface area contributed by atoms with E-state index in [4.69, 9.17) is 5.11 Å². The van der Waals surface area contributed by atoms with Crippen molar-refractivity contribution in [1.82, 2.24) is 0 Å². The molecule has 0 fully saturated rings. The number of hydrogen-bond acceptors (Lipinski definition) is 1. The SMILES string of the molecule is OCc1c(C(F)(F)C(F)(F)C(F)(F)F)cc(C(F)(F)C(F)(F)C(F)(F)F)cc1C(F)(F)C(F)(F)C(F)(F)F. The number of hydrogen-bond donors (Lipinski definition) is 1. The van der Waals surface area contributed by atoms with Gasteiger partial charge < -0.3 is 5.11 Å². The van der Waals surface area contributed by atoms with E-state index in [0.717, 1.165) is 0 Å². The van der Waals surface area contributed by atoms with Crippen LogP contribution < -0.4 is 0 Å². The van der Waals surface area contributed by atoms with Gasteiger partial charge in [0.25, 0.3) is 0 Å². The second-order valence-electron chi connectivity index (χ2n) is 7.15. The highest BCUT2D eigenvalue weighted by atomic mass is 19.4. The molecule has 0 amide bonds. The van der Waals surface area contributed by atoms with Crippen molar-refractivity contribution in [3.05, 3.63) is 34.4 Å². The Morgan fingerprint density at radius 3 is 0.868 bits per heavy atom. The molecule has 1 aromatic carbocycles. The fraction of sp³-hybridized carbons (Fsp3) is 0.625. The average molecular weight is 612 g/mol. The molecule has 22 heteroatoms. The summed E-state index contributed by atoms with van der Waals surface area (Å²) in [6.45, 7) is -2.96. The van der Waals surface area contributed by atoms with E-state index in [1.165, 1.54) is 0 Å². The molecular formula is C16H5F21O. The minimum absolute atomic E-state index is 1.84. The summed E-state index contributed by atoms with van der Waals surface area (Å²) in [7, 11) is 0. The maximum atomic E-state index is 14.2. The third-order valence-electron chi connectivity index (χ3n) is 4.70. The van der Waals surface area contributed by atoms with Gasteiger partial charge in [-0.25, -0.2) is 0 Å². The predicted octanol–water partition coefficient (Wildman–Crippen LogP) is 8.05. The van der Waals surface area contributed by atoms with Crippen molar-refractivity contribution in [3.8, 4) is 0 Å². The predicted molar refractivity (Wildman–Crippen MR) is 77.1 cm³/mol. The number of halogens is 21. The molecule has 0 aromatic heterocycles. The van der Waals surface area contributed by atoms with Gasteiger partial charge in [0.1, 0.15) is 0 Å². The van der Waals surface area contributed by atoms with E-state index >= 15 is 0 Å². The van der Waals surface area contributed by atoms with E-state index in [2.05, 4.69) is 0 Å². The lowest BCUT2D eigenvalue weighted by molar-refractivity contribution is -0.363.